The van der Waals surface area contributed by atoms with Crippen LogP contribution in [0.15, 0.2) is 18.3 Å². The summed E-state index contributed by atoms with van der Waals surface area (Å²) in [6.45, 7) is -1.41. The van der Waals surface area contributed by atoms with Gasteiger partial charge in [-0.3, -0.25) is 0 Å². The third-order valence-electron chi connectivity index (χ3n) is 3.50. The highest BCUT2D eigenvalue weighted by atomic mass is 19.4. The molecule has 0 aromatic carbocycles. The molecular weight excluding hydrogens is 337 g/mol. The predicted molar refractivity (Wildman–Crippen MR) is 73.7 cm³/mol. The number of carbonyl (C=O) groups is 1. The maximum atomic E-state index is 12.3. The number of pyridine rings is 1. The average Bonchev–Trinajstić information content (AvgIpc) is 2.45. The molecular formula is C14H16F5N3O2. The summed E-state index contributed by atoms with van der Waals surface area (Å²) in [5.41, 5.74) is 0.497. The molecule has 1 aliphatic carbocycles. The van der Waals surface area contributed by atoms with Crippen LogP contribution in [0.2, 0.25) is 0 Å². The largest absolute Gasteiger partial charge is 0.468 e. The number of hydrogen-bond acceptors (Lipinski definition) is 3. The van der Waals surface area contributed by atoms with Crippen LogP contribution in [-0.2, 0) is 6.54 Å². The van der Waals surface area contributed by atoms with E-state index in [2.05, 4.69) is 20.4 Å². The maximum absolute atomic E-state index is 12.3. The van der Waals surface area contributed by atoms with Gasteiger partial charge in [0.25, 0.3) is 0 Å². The molecule has 5 nitrogen and oxygen atoms in total. The molecule has 134 valence electrons. The first-order valence-electron chi connectivity index (χ1n) is 7.20. The monoisotopic (exact) mass is 353 g/mol. The van der Waals surface area contributed by atoms with Gasteiger partial charge in [0.05, 0.1) is 0 Å². The van der Waals surface area contributed by atoms with Crippen molar-refractivity contribution in [1.82, 2.24) is 15.6 Å². The van der Waals surface area contributed by atoms with Gasteiger partial charge >= 0.3 is 12.2 Å². The van der Waals surface area contributed by atoms with E-state index in [1.807, 2.05) is 0 Å². The lowest BCUT2D eigenvalue weighted by molar-refractivity contribution is -0.154. The highest BCUT2D eigenvalue weighted by Crippen LogP contribution is 2.32. The van der Waals surface area contributed by atoms with E-state index in [9.17, 15) is 26.7 Å². The van der Waals surface area contributed by atoms with Crippen molar-refractivity contribution in [2.45, 2.75) is 38.0 Å². The maximum Gasteiger partial charge on any atom is 0.422 e. The summed E-state index contributed by atoms with van der Waals surface area (Å²) in [5.74, 6) is -0.880. The summed E-state index contributed by atoms with van der Waals surface area (Å²) in [5, 5.41) is 5.05. The van der Waals surface area contributed by atoms with Crippen LogP contribution in [0.5, 0.6) is 5.88 Å². The van der Waals surface area contributed by atoms with Gasteiger partial charge in [0, 0.05) is 30.8 Å². The Kier molecular flexibility index (Phi) is 5.79. The van der Waals surface area contributed by atoms with Crippen molar-refractivity contribution < 1.29 is 31.5 Å². The molecule has 0 radical (unpaired) electrons. The van der Waals surface area contributed by atoms with Gasteiger partial charge in [-0.05, 0) is 24.5 Å². The number of halogens is 5. The van der Waals surface area contributed by atoms with Crippen LogP contribution in [0.25, 0.3) is 0 Å². The molecule has 2 N–H and O–H groups in total. The molecule has 1 saturated carbocycles. The Balaban J connectivity index is 1.73. The number of aromatic nitrogens is 1. The van der Waals surface area contributed by atoms with Crippen molar-refractivity contribution in [1.29, 1.82) is 0 Å². The predicted octanol–water partition coefficient (Wildman–Crippen LogP) is 2.87. The Labute approximate surface area is 134 Å². The summed E-state index contributed by atoms with van der Waals surface area (Å²) in [7, 11) is 0. The first-order chi connectivity index (χ1) is 11.2. The first-order valence-corrected chi connectivity index (χ1v) is 7.20. The molecule has 1 aliphatic rings. The van der Waals surface area contributed by atoms with E-state index in [-0.39, 0.29) is 31.3 Å². The van der Waals surface area contributed by atoms with Crippen LogP contribution in [-0.4, -0.2) is 36.3 Å². The first kappa shape index (κ1) is 18.2. The molecule has 1 heterocycles. The van der Waals surface area contributed by atoms with Gasteiger partial charge in [0.15, 0.2) is 6.61 Å². The number of hydrogen-bond donors (Lipinski definition) is 2. The Morgan fingerprint density at radius 2 is 2.08 bits per heavy atom. The topological polar surface area (TPSA) is 63.2 Å². The third kappa shape index (κ3) is 5.82. The average molecular weight is 353 g/mol. The SMILES string of the molecule is O=C(NCc1ccnc(OCC(F)(F)F)c1)N[C@H]1C[C@H](C(F)F)C1. The van der Waals surface area contributed by atoms with Crippen molar-refractivity contribution in [3.8, 4) is 5.88 Å². The van der Waals surface area contributed by atoms with E-state index >= 15 is 0 Å². The minimum absolute atomic E-state index is 0.0434. The zero-order chi connectivity index (χ0) is 17.7. The summed E-state index contributed by atoms with van der Waals surface area (Å²) >= 11 is 0. The molecule has 1 fully saturated rings. The van der Waals surface area contributed by atoms with Gasteiger partial charge in [0.2, 0.25) is 12.3 Å². The van der Waals surface area contributed by atoms with E-state index in [1.54, 1.807) is 0 Å². The molecule has 0 aliphatic heterocycles. The van der Waals surface area contributed by atoms with Gasteiger partial charge < -0.3 is 15.4 Å². The van der Waals surface area contributed by atoms with Gasteiger partial charge in [0.1, 0.15) is 0 Å². The van der Waals surface area contributed by atoms with Crippen LogP contribution >= 0.6 is 0 Å². The second-order valence-corrected chi connectivity index (χ2v) is 5.50. The van der Waals surface area contributed by atoms with Gasteiger partial charge in [-0.1, -0.05) is 0 Å². The van der Waals surface area contributed by atoms with E-state index in [0.29, 0.717) is 5.56 Å². The fraction of sp³-hybridized carbons (Fsp3) is 0.571. The van der Waals surface area contributed by atoms with Crippen LogP contribution in [0.1, 0.15) is 18.4 Å². The molecule has 1 aromatic rings. The lowest BCUT2D eigenvalue weighted by Gasteiger charge is -2.35. The number of alkyl halides is 5. The van der Waals surface area contributed by atoms with E-state index in [1.165, 1.54) is 18.3 Å². The Morgan fingerprint density at radius 1 is 1.38 bits per heavy atom. The summed E-state index contributed by atoms with van der Waals surface area (Å²) in [6, 6.07) is 1.98. The van der Waals surface area contributed by atoms with Crippen LogP contribution in [0, 0.1) is 5.92 Å². The quantitative estimate of drug-likeness (QED) is 0.773. The van der Waals surface area contributed by atoms with Crippen LogP contribution in [0.3, 0.4) is 0 Å². The number of nitrogens with zero attached hydrogens (tertiary/aromatic N) is 1. The zero-order valence-corrected chi connectivity index (χ0v) is 12.4. The van der Waals surface area contributed by atoms with Gasteiger partial charge in [-0.15, -0.1) is 0 Å². The minimum Gasteiger partial charge on any atom is -0.468 e. The second kappa shape index (κ2) is 7.63. The Hall–Kier alpha value is -2.13. The molecule has 0 unspecified atom stereocenters. The Bertz CT molecular complexity index is 562. The number of ether oxygens (including phenoxy) is 1. The molecule has 0 atom stereocenters. The highest BCUT2D eigenvalue weighted by Gasteiger charge is 2.36. The molecule has 24 heavy (non-hydrogen) atoms. The molecule has 0 spiro atoms. The van der Waals surface area contributed by atoms with Gasteiger partial charge in [-0.25, -0.2) is 18.6 Å². The van der Waals surface area contributed by atoms with Crippen molar-refractivity contribution in [3.05, 3.63) is 23.9 Å². The lowest BCUT2D eigenvalue weighted by Crippen LogP contribution is -2.49. The Morgan fingerprint density at radius 3 is 2.71 bits per heavy atom. The number of nitrogens with one attached hydrogen (secondary N) is 2. The van der Waals surface area contributed by atoms with Crippen molar-refractivity contribution >= 4 is 6.03 Å². The smallest absolute Gasteiger partial charge is 0.422 e. The number of urea groups is 1. The summed E-state index contributed by atoms with van der Waals surface area (Å²) in [6.07, 6.45) is -5.11. The lowest BCUT2D eigenvalue weighted by atomic mass is 9.81. The normalized spacial score (nSPS) is 20.4. The number of carbonyl (C=O) groups excluding carboxylic acids is 1. The highest BCUT2D eigenvalue weighted by molar-refractivity contribution is 5.74. The number of amides is 2. The fourth-order valence-electron chi connectivity index (χ4n) is 2.20. The summed E-state index contributed by atoms with van der Waals surface area (Å²) < 4.78 is 65.3. The molecule has 10 heteroatoms. The molecule has 1 aromatic heterocycles. The van der Waals surface area contributed by atoms with E-state index < -0.39 is 31.2 Å². The third-order valence-corrected chi connectivity index (χ3v) is 3.50. The number of rotatable bonds is 6. The second-order valence-electron chi connectivity index (χ2n) is 5.50. The van der Waals surface area contributed by atoms with Crippen molar-refractivity contribution in [3.63, 3.8) is 0 Å². The standard InChI is InChI=1S/C14H16F5N3O2/c15-12(16)9-4-10(5-9)22-13(23)21-6-8-1-2-20-11(3-8)24-7-14(17,18)19/h1-3,9-10,12H,4-7H2,(H2,21,22,23)/t9-,10-. The van der Waals surface area contributed by atoms with Crippen LogP contribution < -0.4 is 15.4 Å². The molecule has 0 bridgehead atoms. The zero-order valence-electron chi connectivity index (χ0n) is 12.4. The van der Waals surface area contributed by atoms with E-state index in [0.717, 1.165) is 0 Å². The van der Waals surface area contributed by atoms with Gasteiger partial charge in [-0.2, -0.15) is 13.2 Å². The van der Waals surface area contributed by atoms with Crippen molar-refractivity contribution in [2.75, 3.05) is 6.61 Å². The minimum atomic E-state index is -4.46. The van der Waals surface area contributed by atoms with Crippen molar-refractivity contribution in [2.24, 2.45) is 5.92 Å². The van der Waals surface area contributed by atoms with E-state index in [4.69, 9.17) is 0 Å². The molecule has 2 amide bonds. The molecule has 2 rings (SSSR count). The van der Waals surface area contributed by atoms with Crippen LogP contribution in [0.4, 0.5) is 26.7 Å². The fourth-order valence-corrected chi connectivity index (χ4v) is 2.20. The molecule has 0 saturated heterocycles. The summed E-state index contributed by atoms with van der Waals surface area (Å²) in [4.78, 5) is 15.3.